The topological polar surface area (TPSA) is 48.8 Å². The maximum atomic E-state index is 8.30. The van der Waals surface area contributed by atoms with Gasteiger partial charge in [-0.1, -0.05) is 25.9 Å². The zero-order valence-corrected chi connectivity index (χ0v) is 7.41. The van der Waals surface area contributed by atoms with E-state index < -0.39 is 0 Å². The molecule has 2 atom stereocenters. The summed E-state index contributed by atoms with van der Waals surface area (Å²) in [6, 6.07) is 0.211. The van der Waals surface area contributed by atoms with Crippen LogP contribution in [0, 0.1) is 11.3 Å². The number of nitrogens with zero attached hydrogens (tertiary/aromatic N) is 3. The van der Waals surface area contributed by atoms with Gasteiger partial charge >= 0.3 is 0 Å². The zero-order chi connectivity index (χ0) is 8.48. The van der Waals surface area contributed by atoms with Gasteiger partial charge in [-0.05, 0) is 29.7 Å². The van der Waals surface area contributed by atoms with Crippen LogP contribution in [-0.2, 0) is 0 Å². The third-order valence-corrected chi connectivity index (χ3v) is 3.19. The number of hydrogen-bond acceptors (Lipinski definition) is 1. The summed E-state index contributed by atoms with van der Waals surface area (Å²) in [5.41, 5.74) is 8.50. The Balaban J connectivity index is 2.77. The highest BCUT2D eigenvalue weighted by Gasteiger charge is 2.39. The molecule has 0 aliphatic heterocycles. The van der Waals surface area contributed by atoms with Gasteiger partial charge in [-0.3, -0.25) is 0 Å². The molecule has 1 fully saturated rings. The van der Waals surface area contributed by atoms with E-state index in [2.05, 4.69) is 30.8 Å². The number of hydrogen-bond donors (Lipinski definition) is 0. The van der Waals surface area contributed by atoms with E-state index in [1.807, 2.05) is 0 Å². The van der Waals surface area contributed by atoms with Crippen molar-refractivity contribution < 1.29 is 0 Å². The lowest BCUT2D eigenvalue weighted by molar-refractivity contribution is 0.250. The number of rotatable bonds is 1. The van der Waals surface area contributed by atoms with Gasteiger partial charge in [0.1, 0.15) is 0 Å². The molecule has 0 N–H and O–H groups in total. The Morgan fingerprint density at radius 2 is 2.09 bits per heavy atom. The Morgan fingerprint density at radius 3 is 2.45 bits per heavy atom. The predicted octanol–water partition coefficient (Wildman–Crippen LogP) is 3.12. The first-order valence-electron chi connectivity index (χ1n) is 4.13. The third-order valence-electron chi connectivity index (χ3n) is 3.19. The molecule has 1 aliphatic carbocycles. The summed E-state index contributed by atoms with van der Waals surface area (Å²) in [6.07, 6.45) is 2.24. The van der Waals surface area contributed by atoms with Gasteiger partial charge in [0.2, 0.25) is 0 Å². The molecule has 0 spiro atoms. The highest BCUT2D eigenvalue weighted by Crippen LogP contribution is 2.44. The molecule has 0 radical (unpaired) electrons. The van der Waals surface area contributed by atoms with Gasteiger partial charge < -0.3 is 0 Å². The van der Waals surface area contributed by atoms with Crippen LogP contribution in [0.4, 0.5) is 0 Å². The fraction of sp³-hybridized carbons (Fsp3) is 1.00. The maximum absolute atomic E-state index is 8.30. The van der Waals surface area contributed by atoms with Crippen molar-refractivity contribution in [3.05, 3.63) is 10.4 Å². The average Bonchev–Trinajstić information content (AvgIpc) is 2.16. The van der Waals surface area contributed by atoms with E-state index in [1.165, 1.54) is 6.42 Å². The first-order chi connectivity index (χ1) is 5.09. The fourth-order valence-corrected chi connectivity index (χ4v) is 1.75. The minimum atomic E-state index is 0.201. The van der Waals surface area contributed by atoms with Gasteiger partial charge in [-0.15, -0.1) is 0 Å². The quantitative estimate of drug-likeness (QED) is 0.316. The van der Waals surface area contributed by atoms with Crippen LogP contribution in [-0.4, -0.2) is 6.04 Å². The van der Waals surface area contributed by atoms with Crippen LogP contribution in [0.2, 0.25) is 0 Å². The van der Waals surface area contributed by atoms with Crippen LogP contribution in [0.1, 0.15) is 33.6 Å². The van der Waals surface area contributed by atoms with Crippen molar-refractivity contribution in [1.82, 2.24) is 0 Å². The molecular weight excluding hydrogens is 138 g/mol. The van der Waals surface area contributed by atoms with Gasteiger partial charge in [-0.2, -0.15) is 0 Å². The molecule has 3 nitrogen and oxygen atoms in total. The first-order valence-corrected chi connectivity index (χ1v) is 4.13. The minimum Gasteiger partial charge on any atom is -0.0901 e. The van der Waals surface area contributed by atoms with E-state index in [-0.39, 0.29) is 11.5 Å². The second-order valence-electron chi connectivity index (χ2n) is 4.02. The number of azide groups is 1. The normalized spacial score (nSPS) is 34.8. The second kappa shape index (κ2) is 2.74. The molecule has 1 saturated carbocycles. The Hall–Kier alpha value is -0.690. The SMILES string of the molecule is CC1CC[C@H](N=[N+]=[N-])C1(C)C. The molecular formula is C8H15N3. The van der Waals surface area contributed by atoms with E-state index in [0.29, 0.717) is 5.92 Å². The van der Waals surface area contributed by atoms with Crippen molar-refractivity contribution in [2.75, 3.05) is 0 Å². The highest BCUT2D eigenvalue weighted by molar-refractivity contribution is 4.94. The molecule has 62 valence electrons. The first kappa shape index (κ1) is 8.41. The second-order valence-corrected chi connectivity index (χ2v) is 4.02. The van der Waals surface area contributed by atoms with Crippen LogP contribution in [0.25, 0.3) is 10.4 Å². The monoisotopic (exact) mass is 153 g/mol. The summed E-state index contributed by atoms with van der Waals surface area (Å²) in [7, 11) is 0. The van der Waals surface area contributed by atoms with Crippen LogP contribution < -0.4 is 0 Å². The molecule has 0 aromatic heterocycles. The summed E-state index contributed by atoms with van der Waals surface area (Å²) >= 11 is 0. The Bertz CT molecular complexity index is 192. The standard InChI is InChI=1S/C8H15N3/c1-6-4-5-7(10-11-9)8(6,2)3/h6-7H,4-5H2,1-3H3/t6?,7-/m0/s1. The van der Waals surface area contributed by atoms with Gasteiger partial charge in [-0.25, -0.2) is 0 Å². The molecule has 1 rings (SSSR count). The van der Waals surface area contributed by atoms with Crippen LogP contribution >= 0.6 is 0 Å². The Morgan fingerprint density at radius 1 is 1.45 bits per heavy atom. The van der Waals surface area contributed by atoms with Crippen molar-refractivity contribution in [2.45, 2.75) is 39.7 Å². The van der Waals surface area contributed by atoms with Crippen molar-refractivity contribution in [3.63, 3.8) is 0 Å². The van der Waals surface area contributed by atoms with Crippen LogP contribution in [0.15, 0.2) is 5.11 Å². The highest BCUT2D eigenvalue weighted by atomic mass is 15.2. The third kappa shape index (κ3) is 1.33. The fourth-order valence-electron chi connectivity index (χ4n) is 1.75. The summed E-state index contributed by atoms with van der Waals surface area (Å²) < 4.78 is 0. The van der Waals surface area contributed by atoms with Gasteiger partial charge in [0, 0.05) is 11.0 Å². The van der Waals surface area contributed by atoms with Crippen molar-refractivity contribution in [3.8, 4) is 0 Å². The van der Waals surface area contributed by atoms with Crippen molar-refractivity contribution >= 4 is 0 Å². The molecule has 0 heterocycles. The van der Waals surface area contributed by atoms with E-state index in [4.69, 9.17) is 5.53 Å². The molecule has 1 aliphatic rings. The summed E-state index contributed by atoms with van der Waals surface area (Å²) in [5, 5.41) is 3.81. The molecule has 1 unspecified atom stereocenters. The van der Waals surface area contributed by atoms with Crippen LogP contribution in [0.5, 0.6) is 0 Å². The van der Waals surface area contributed by atoms with Gasteiger partial charge in [0.25, 0.3) is 0 Å². The molecule has 0 amide bonds. The largest absolute Gasteiger partial charge is 0.0901 e. The van der Waals surface area contributed by atoms with E-state index in [1.54, 1.807) is 0 Å². The Kier molecular flexibility index (Phi) is 2.10. The Labute approximate surface area is 67.4 Å². The van der Waals surface area contributed by atoms with Crippen molar-refractivity contribution in [2.24, 2.45) is 16.4 Å². The lowest BCUT2D eigenvalue weighted by atomic mass is 9.80. The van der Waals surface area contributed by atoms with E-state index >= 15 is 0 Å². The van der Waals surface area contributed by atoms with E-state index in [0.717, 1.165) is 6.42 Å². The molecule has 3 heteroatoms. The van der Waals surface area contributed by atoms with Gasteiger partial charge in [0.05, 0.1) is 0 Å². The maximum Gasteiger partial charge on any atom is 0.0427 e. The molecule has 0 saturated heterocycles. The molecule has 0 aromatic rings. The lowest BCUT2D eigenvalue weighted by Crippen LogP contribution is -2.25. The molecule has 11 heavy (non-hydrogen) atoms. The summed E-state index contributed by atoms with van der Waals surface area (Å²) in [4.78, 5) is 2.87. The summed E-state index contributed by atoms with van der Waals surface area (Å²) in [5.74, 6) is 0.679. The smallest absolute Gasteiger partial charge is 0.0427 e. The zero-order valence-electron chi connectivity index (χ0n) is 7.41. The minimum absolute atomic E-state index is 0.201. The van der Waals surface area contributed by atoms with Crippen LogP contribution in [0.3, 0.4) is 0 Å². The van der Waals surface area contributed by atoms with E-state index in [9.17, 15) is 0 Å². The average molecular weight is 153 g/mol. The lowest BCUT2D eigenvalue weighted by Gasteiger charge is -2.27. The molecule has 0 aromatic carbocycles. The predicted molar refractivity (Wildman–Crippen MR) is 45.1 cm³/mol. The molecule has 0 bridgehead atoms. The van der Waals surface area contributed by atoms with Gasteiger partial charge in [0.15, 0.2) is 0 Å². The van der Waals surface area contributed by atoms with Crippen molar-refractivity contribution in [1.29, 1.82) is 0 Å². The summed E-state index contributed by atoms with van der Waals surface area (Å²) in [6.45, 7) is 6.60.